The first-order valence-corrected chi connectivity index (χ1v) is 6.41. The first-order chi connectivity index (χ1) is 9.55. The predicted octanol–water partition coefficient (Wildman–Crippen LogP) is 1.05. The maximum atomic E-state index is 11.7. The molecular weight excluding hydrogens is 294 g/mol. The van der Waals surface area contributed by atoms with Gasteiger partial charge in [0, 0.05) is 32.8 Å². The van der Waals surface area contributed by atoms with Crippen LogP contribution in [0.1, 0.15) is 18.9 Å². The van der Waals surface area contributed by atoms with Crippen LogP contribution in [0.2, 0.25) is 0 Å². The van der Waals surface area contributed by atoms with Crippen LogP contribution in [0.4, 0.5) is 5.69 Å². The Kier molecular flexibility index (Phi) is 9.36. The lowest BCUT2D eigenvalue weighted by Crippen LogP contribution is -2.31. The van der Waals surface area contributed by atoms with Gasteiger partial charge in [-0.15, -0.1) is 12.4 Å². The number of hydrogen-bond acceptors (Lipinski definition) is 4. The Morgan fingerprint density at radius 1 is 1.38 bits per heavy atom. The van der Waals surface area contributed by atoms with Gasteiger partial charge < -0.3 is 21.1 Å². The van der Waals surface area contributed by atoms with Crippen LogP contribution in [0, 0.1) is 0 Å². The summed E-state index contributed by atoms with van der Waals surface area (Å²) in [6.45, 7) is 2.15. The quantitative estimate of drug-likeness (QED) is 0.701. The van der Waals surface area contributed by atoms with E-state index < -0.39 is 0 Å². The Hall–Kier alpha value is -1.63. The van der Waals surface area contributed by atoms with Crippen molar-refractivity contribution in [3.05, 3.63) is 29.8 Å². The minimum absolute atomic E-state index is 0. The molecule has 0 aliphatic heterocycles. The SMILES string of the molecule is COC(CN)CC(=O)NCc1cccc(NC(C)=O)c1.Cl. The maximum absolute atomic E-state index is 11.7. The number of hydrogen-bond donors (Lipinski definition) is 3. The van der Waals surface area contributed by atoms with Gasteiger partial charge in [0.1, 0.15) is 0 Å². The molecule has 0 spiro atoms. The number of ether oxygens (including phenoxy) is 1. The third-order valence-corrected chi connectivity index (χ3v) is 2.75. The number of nitrogens with two attached hydrogens (primary N) is 1. The van der Waals surface area contributed by atoms with Crippen LogP contribution in [-0.4, -0.2) is 31.6 Å². The Bertz CT molecular complexity index is 465. The van der Waals surface area contributed by atoms with E-state index in [9.17, 15) is 9.59 Å². The van der Waals surface area contributed by atoms with Gasteiger partial charge in [0.05, 0.1) is 12.5 Å². The highest BCUT2D eigenvalue weighted by atomic mass is 35.5. The van der Waals surface area contributed by atoms with Gasteiger partial charge in [0.15, 0.2) is 0 Å². The van der Waals surface area contributed by atoms with Crippen LogP contribution < -0.4 is 16.4 Å². The normalized spacial score (nSPS) is 11.2. The predicted molar refractivity (Wildman–Crippen MR) is 84.3 cm³/mol. The van der Waals surface area contributed by atoms with E-state index >= 15 is 0 Å². The molecule has 0 saturated carbocycles. The second-order valence-electron chi connectivity index (χ2n) is 4.46. The average Bonchev–Trinajstić information content (AvgIpc) is 2.42. The number of halogens is 1. The van der Waals surface area contributed by atoms with Crippen molar-refractivity contribution in [2.24, 2.45) is 5.73 Å². The smallest absolute Gasteiger partial charge is 0.222 e. The molecule has 1 rings (SSSR count). The lowest BCUT2D eigenvalue weighted by atomic mass is 10.2. The molecule has 0 aliphatic rings. The van der Waals surface area contributed by atoms with Crippen molar-refractivity contribution in [1.82, 2.24) is 5.32 Å². The molecule has 2 amide bonds. The van der Waals surface area contributed by atoms with Gasteiger partial charge in [0.2, 0.25) is 11.8 Å². The van der Waals surface area contributed by atoms with E-state index in [1.807, 2.05) is 18.2 Å². The Morgan fingerprint density at radius 2 is 2.10 bits per heavy atom. The summed E-state index contributed by atoms with van der Waals surface area (Å²) >= 11 is 0. The molecule has 0 radical (unpaired) electrons. The van der Waals surface area contributed by atoms with Gasteiger partial charge in [-0.2, -0.15) is 0 Å². The molecule has 0 bridgehead atoms. The summed E-state index contributed by atoms with van der Waals surface area (Å²) < 4.78 is 5.05. The highest BCUT2D eigenvalue weighted by molar-refractivity contribution is 5.88. The van der Waals surface area contributed by atoms with Crippen LogP contribution in [0.15, 0.2) is 24.3 Å². The third-order valence-electron chi connectivity index (χ3n) is 2.75. The number of benzene rings is 1. The molecule has 0 aromatic heterocycles. The van der Waals surface area contributed by atoms with Crippen molar-refractivity contribution in [3.8, 4) is 0 Å². The molecule has 1 atom stereocenters. The van der Waals surface area contributed by atoms with E-state index in [4.69, 9.17) is 10.5 Å². The van der Waals surface area contributed by atoms with Crippen LogP contribution >= 0.6 is 12.4 Å². The molecular formula is C14H22ClN3O3. The molecule has 0 aliphatic carbocycles. The zero-order valence-electron chi connectivity index (χ0n) is 12.2. The van der Waals surface area contributed by atoms with Gasteiger partial charge in [0.25, 0.3) is 0 Å². The van der Waals surface area contributed by atoms with Crippen molar-refractivity contribution in [2.75, 3.05) is 19.0 Å². The van der Waals surface area contributed by atoms with Crippen LogP contribution in [0.3, 0.4) is 0 Å². The van der Waals surface area contributed by atoms with Crippen LogP contribution in [0.5, 0.6) is 0 Å². The lowest BCUT2D eigenvalue weighted by molar-refractivity contribution is -0.123. The number of methoxy groups -OCH3 is 1. The number of rotatable bonds is 7. The summed E-state index contributed by atoms with van der Waals surface area (Å²) in [4.78, 5) is 22.7. The summed E-state index contributed by atoms with van der Waals surface area (Å²) in [6.07, 6.45) is -0.0287. The topological polar surface area (TPSA) is 93.4 Å². The first-order valence-electron chi connectivity index (χ1n) is 6.41. The maximum Gasteiger partial charge on any atom is 0.222 e. The van der Waals surface area contributed by atoms with Crippen molar-refractivity contribution >= 4 is 29.9 Å². The van der Waals surface area contributed by atoms with Gasteiger partial charge in [-0.1, -0.05) is 12.1 Å². The largest absolute Gasteiger partial charge is 0.380 e. The fourth-order valence-electron chi connectivity index (χ4n) is 1.70. The molecule has 7 heteroatoms. The number of carbonyl (C=O) groups excluding carboxylic acids is 2. The van der Waals surface area contributed by atoms with Gasteiger partial charge in [-0.25, -0.2) is 0 Å². The van der Waals surface area contributed by atoms with E-state index in [0.29, 0.717) is 18.8 Å². The molecule has 1 aromatic rings. The second-order valence-corrected chi connectivity index (χ2v) is 4.46. The van der Waals surface area contributed by atoms with Crippen LogP contribution in [-0.2, 0) is 20.9 Å². The molecule has 4 N–H and O–H groups in total. The highest BCUT2D eigenvalue weighted by Gasteiger charge is 2.10. The van der Waals surface area contributed by atoms with Crippen molar-refractivity contribution < 1.29 is 14.3 Å². The third kappa shape index (κ3) is 7.65. The van der Waals surface area contributed by atoms with Gasteiger partial charge in [-0.3, -0.25) is 9.59 Å². The first kappa shape index (κ1) is 19.4. The molecule has 1 aromatic carbocycles. The zero-order valence-corrected chi connectivity index (χ0v) is 13.0. The molecule has 118 valence electrons. The van der Waals surface area contributed by atoms with Gasteiger partial charge in [-0.05, 0) is 17.7 Å². The minimum Gasteiger partial charge on any atom is -0.380 e. The molecule has 0 fully saturated rings. The minimum atomic E-state index is -0.263. The number of nitrogens with one attached hydrogen (secondary N) is 2. The Morgan fingerprint density at radius 3 is 2.67 bits per heavy atom. The molecule has 0 heterocycles. The van der Waals surface area contributed by atoms with Crippen molar-refractivity contribution in [2.45, 2.75) is 26.0 Å². The van der Waals surface area contributed by atoms with E-state index in [1.165, 1.54) is 14.0 Å². The Balaban J connectivity index is 0.00000400. The summed E-state index contributed by atoms with van der Waals surface area (Å²) in [5.74, 6) is -0.246. The van der Waals surface area contributed by atoms with Crippen molar-refractivity contribution in [3.63, 3.8) is 0 Å². The highest BCUT2D eigenvalue weighted by Crippen LogP contribution is 2.10. The monoisotopic (exact) mass is 315 g/mol. The lowest BCUT2D eigenvalue weighted by Gasteiger charge is -2.13. The molecule has 21 heavy (non-hydrogen) atoms. The van der Waals surface area contributed by atoms with Gasteiger partial charge >= 0.3 is 0 Å². The van der Waals surface area contributed by atoms with Crippen LogP contribution in [0.25, 0.3) is 0 Å². The molecule has 6 nitrogen and oxygen atoms in total. The molecule has 1 unspecified atom stereocenters. The van der Waals surface area contributed by atoms with E-state index in [2.05, 4.69) is 10.6 Å². The number of anilines is 1. The van der Waals surface area contributed by atoms with E-state index in [0.717, 1.165) is 5.56 Å². The number of carbonyl (C=O) groups is 2. The summed E-state index contributed by atoms with van der Waals surface area (Å²) in [7, 11) is 1.53. The van der Waals surface area contributed by atoms with E-state index in [-0.39, 0.29) is 36.7 Å². The summed E-state index contributed by atoms with van der Waals surface area (Å²) in [5, 5.41) is 5.49. The van der Waals surface area contributed by atoms with E-state index in [1.54, 1.807) is 6.07 Å². The number of amides is 2. The summed E-state index contributed by atoms with van der Waals surface area (Å²) in [5.41, 5.74) is 7.08. The standard InChI is InChI=1S/C14H21N3O3.ClH/c1-10(18)17-12-5-3-4-11(6-12)9-16-14(19)7-13(8-15)20-2;/h3-6,13H,7-9,15H2,1-2H3,(H,16,19)(H,17,18);1H. The Labute approximate surface area is 130 Å². The summed E-state index contributed by atoms with van der Waals surface area (Å²) in [6, 6.07) is 7.31. The fraction of sp³-hybridized carbons (Fsp3) is 0.429. The van der Waals surface area contributed by atoms with Crippen molar-refractivity contribution in [1.29, 1.82) is 0 Å². The average molecular weight is 316 g/mol. The fourth-order valence-corrected chi connectivity index (χ4v) is 1.70. The molecule has 0 saturated heterocycles. The second kappa shape index (κ2) is 10.1. The zero-order chi connectivity index (χ0) is 15.0.